The van der Waals surface area contributed by atoms with Gasteiger partial charge in [-0.1, -0.05) is 158 Å². The molecular formula is C47H31NS. The third kappa shape index (κ3) is 4.11. The van der Waals surface area contributed by atoms with Crippen molar-refractivity contribution in [1.29, 1.82) is 0 Å². The summed E-state index contributed by atoms with van der Waals surface area (Å²) in [4.78, 5) is 2.45. The number of rotatable bonds is 5. The molecule has 0 saturated heterocycles. The number of hydrogen-bond acceptors (Lipinski definition) is 2. The molecule has 10 rings (SSSR count). The molecule has 0 bridgehead atoms. The van der Waals surface area contributed by atoms with Crippen LogP contribution in [0.25, 0.3) is 42.1 Å². The van der Waals surface area contributed by atoms with E-state index in [9.17, 15) is 0 Å². The average molecular weight is 642 g/mol. The minimum absolute atomic E-state index is 0.463. The molecule has 0 spiro atoms. The molecule has 1 aliphatic carbocycles. The second-order valence-electron chi connectivity index (χ2n) is 12.8. The second kappa shape index (κ2) is 11.1. The normalized spacial score (nSPS) is 13.1. The fourth-order valence-corrected chi connectivity index (χ4v) is 9.62. The lowest BCUT2D eigenvalue weighted by Crippen LogP contribution is -2.28. The lowest BCUT2D eigenvalue weighted by molar-refractivity contribution is 0.768. The molecular weight excluding hydrogens is 611 g/mol. The van der Waals surface area contributed by atoms with Crippen molar-refractivity contribution in [3.8, 4) is 11.1 Å². The molecule has 9 aromatic rings. The highest BCUT2D eigenvalue weighted by Crippen LogP contribution is 2.57. The van der Waals surface area contributed by atoms with Crippen molar-refractivity contribution in [2.75, 3.05) is 4.90 Å². The number of para-hydroxylation sites is 1. The van der Waals surface area contributed by atoms with Crippen molar-refractivity contribution in [2.45, 2.75) is 5.41 Å². The number of anilines is 3. The standard InChI is InChI=1S/C47H31NS/c1-3-16-33(17-4-1)47(42-26-11-9-23-38(42)39-24-10-12-27-43(39)47)34-18-13-21-36(31-34)48(35-19-5-2-6-20-35)44-28-14-25-40-41-30-29-32-15-7-8-22-37(32)45(41)49-46(40)44/h1-31H. The van der Waals surface area contributed by atoms with Crippen LogP contribution in [0.2, 0.25) is 0 Å². The van der Waals surface area contributed by atoms with Gasteiger partial charge in [0, 0.05) is 26.8 Å². The molecule has 0 aliphatic heterocycles. The van der Waals surface area contributed by atoms with Crippen molar-refractivity contribution in [3.05, 3.63) is 210 Å². The van der Waals surface area contributed by atoms with E-state index in [2.05, 4.69) is 193 Å². The summed E-state index contributed by atoms with van der Waals surface area (Å²) >= 11 is 1.90. The molecule has 0 N–H and O–H groups in total. The van der Waals surface area contributed by atoms with Gasteiger partial charge in [-0.2, -0.15) is 0 Å². The first-order valence-electron chi connectivity index (χ1n) is 16.9. The third-order valence-corrected chi connectivity index (χ3v) is 11.6. The van der Waals surface area contributed by atoms with E-state index in [0.29, 0.717) is 0 Å². The highest BCUT2D eigenvalue weighted by molar-refractivity contribution is 7.27. The van der Waals surface area contributed by atoms with Crippen LogP contribution in [0.15, 0.2) is 188 Å². The Bertz CT molecular complexity index is 2630. The summed E-state index contributed by atoms with van der Waals surface area (Å²) in [6, 6.07) is 69.1. The highest BCUT2D eigenvalue weighted by Gasteiger charge is 2.46. The summed E-state index contributed by atoms with van der Waals surface area (Å²) in [5.41, 5.74) is 10.8. The van der Waals surface area contributed by atoms with Crippen LogP contribution >= 0.6 is 11.3 Å². The first-order chi connectivity index (χ1) is 24.3. The maximum Gasteiger partial charge on any atom is 0.0714 e. The fraction of sp³-hybridized carbons (Fsp3) is 0.0213. The van der Waals surface area contributed by atoms with Gasteiger partial charge >= 0.3 is 0 Å². The predicted molar refractivity (Wildman–Crippen MR) is 209 cm³/mol. The maximum atomic E-state index is 2.45. The van der Waals surface area contributed by atoms with E-state index in [1.165, 1.54) is 70.0 Å². The molecule has 0 atom stereocenters. The van der Waals surface area contributed by atoms with Crippen molar-refractivity contribution < 1.29 is 0 Å². The van der Waals surface area contributed by atoms with Crippen molar-refractivity contribution in [1.82, 2.24) is 0 Å². The Morgan fingerprint density at radius 1 is 0.388 bits per heavy atom. The number of nitrogens with zero attached hydrogens (tertiary/aromatic N) is 1. The molecule has 0 amide bonds. The van der Waals surface area contributed by atoms with Gasteiger partial charge in [-0.25, -0.2) is 0 Å². The average Bonchev–Trinajstić information content (AvgIpc) is 3.71. The largest absolute Gasteiger partial charge is 0.309 e. The van der Waals surface area contributed by atoms with Crippen LogP contribution in [0, 0.1) is 0 Å². The number of benzene rings is 8. The first-order valence-corrected chi connectivity index (χ1v) is 17.7. The molecule has 0 radical (unpaired) electrons. The molecule has 0 saturated carbocycles. The molecule has 8 aromatic carbocycles. The SMILES string of the molecule is c1ccc(N(c2cccc(C3(c4ccccc4)c4ccccc4-c4ccccc43)c2)c2cccc3c2sc2c4ccccc4ccc32)cc1. The predicted octanol–water partition coefficient (Wildman–Crippen LogP) is 13.0. The zero-order valence-electron chi connectivity index (χ0n) is 26.8. The van der Waals surface area contributed by atoms with Crippen LogP contribution in [0.5, 0.6) is 0 Å². The summed E-state index contributed by atoms with van der Waals surface area (Å²) in [7, 11) is 0. The molecule has 1 aliphatic rings. The molecule has 2 heteroatoms. The minimum Gasteiger partial charge on any atom is -0.309 e. The molecule has 49 heavy (non-hydrogen) atoms. The van der Waals surface area contributed by atoms with E-state index in [1.54, 1.807) is 0 Å². The number of thiophene rings is 1. The van der Waals surface area contributed by atoms with Gasteiger partial charge in [0.1, 0.15) is 0 Å². The first kappa shape index (κ1) is 28.1. The van der Waals surface area contributed by atoms with Gasteiger partial charge in [0.25, 0.3) is 0 Å². The van der Waals surface area contributed by atoms with Gasteiger partial charge in [-0.05, 0) is 74.5 Å². The summed E-state index contributed by atoms with van der Waals surface area (Å²) in [5, 5.41) is 5.19. The maximum absolute atomic E-state index is 2.45. The van der Waals surface area contributed by atoms with Gasteiger partial charge in [0.2, 0.25) is 0 Å². The minimum atomic E-state index is -0.463. The number of hydrogen-bond donors (Lipinski definition) is 0. The van der Waals surface area contributed by atoms with Crippen LogP contribution in [-0.2, 0) is 5.41 Å². The van der Waals surface area contributed by atoms with E-state index >= 15 is 0 Å². The Morgan fingerprint density at radius 2 is 0.959 bits per heavy atom. The van der Waals surface area contributed by atoms with Gasteiger partial charge in [0.05, 0.1) is 15.8 Å². The zero-order chi connectivity index (χ0) is 32.4. The third-order valence-electron chi connectivity index (χ3n) is 10.3. The number of fused-ring (bicyclic) bond motifs is 8. The smallest absolute Gasteiger partial charge is 0.0714 e. The van der Waals surface area contributed by atoms with Gasteiger partial charge in [0.15, 0.2) is 0 Å². The van der Waals surface area contributed by atoms with Gasteiger partial charge in [-0.15, -0.1) is 11.3 Å². The van der Waals surface area contributed by atoms with E-state index in [1.807, 2.05) is 11.3 Å². The van der Waals surface area contributed by atoms with E-state index in [0.717, 1.165) is 11.4 Å². The van der Waals surface area contributed by atoms with Crippen molar-refractivity contribution in [3.63, 3.8) is 0 Å². The summed E-state index contributed by atoms with van der Waals surface area (Å²) in [6.07, 6.45) is 0. The Morgan fingerprint density at radius 3 is 1.73 bits per heavy atom. The van der Waals surface area contributed by atoms with E-state index in [4.69, 9.17) is 0 Å². The van der Waals surface area contributed by atoms with Crippen molar-refractivity contribution in [2.24, 2.45) is 0 Å². The van der Waals surface area contributed by atoms with Crippen LogP contribution in [0.3, 0.4) is 0 Å². The van der Waals surface area contributed by atoms with E-state index < -0.39 is 5.41 Å². The molecule has 0 unspecified atom stereocenters. The summed E-state index contributed by atoms with van der Waals surface area (Å²) in [6.45, 7) is 0. The Kier molecular flexibility index (Phi) is 6.34. The van der Waals surface area contributed by atoms with Gasteiger partial charge < -0.3 is 4.90 Å². The molecule has 1 nitrogen and oxygen atoms in total. The second-order valence-corrected chi connectivity index (χ2v) is 13.9. The molecule has 1 heterocycles. The van der Waals surface area contributed by atoms with Crippen LogP contribution < -0.4 is 4.90 Å². The fourth-order valence-electron chi connectivity index (χ4n) is 8.28. The topological polar surface area (TPSA) is 3.24 Å². The Balaban J connectivity index is 1.25. The van der Waals surface area contributed by atoms with Gasteiger partial charge in [-0.3, -0.25) is 0 Å². The summed E-state index contributed by atoms with van der Waals surface area (Å²) in [5.74, 6) is 0. The van der Waals surface area contributed by atoms with Crippen molar-refractivity contribution >= 4 is 59.3 Å². The quantitative estimate of drug-likeness (QED) is 0.181. The zero-order valence-corrected chi connectivity index (χ0v) is 27.6. The van der Waals surface area contributed by atoms with Crippen LogP contribution in [0.4, 0.5) is 17.1 Å². The lowest BCUT2D eigenvalue weighted by atomic mass is 9.67. The van der Waals surface area contributed by atoms with E-state index in [-0.39, 0.29) is 0 Å². The monoisotopic (exact) mass is 641 g/mol. The van der Waals surface area contributed by atoms with Crippen LogP contribution in [0.1, 0.15) is 22.3 Å². The Labute approximate surface area is 290 Å². The lowest BCUT2D eigenvalue weighted by Gasteiger charge is -2.35. The Hall–Kier alpha value is -5.96. The molecule has 0 fully saturated rings. The highest BCUT2D eigenvalue weighted by atomic mass is 32.1. The van der Waals surface area contributed by atoms with Crippen LogP contribution in [-0.4, -0.2) is 0 Å². The molecule has 230 valence electrons. The molecule has 1 aromatic heterocycles. The summed E-state index contributed by atoms with van der Waals surface area (Å²) < 4.78 is 2.63.